The summed E-state index contributed by atoms with van der Waals surface area (Å²) in [7, 11) is 1.68. The van der Waals surface area contributed by atoms with Crippen molar-refractivity contribution >= 4 is 16.8 Å². The number of fused-ring (bicyclic) bond motifs is 1. The van der Waals surface area contributed by atoms with Gasteiger partial charge in [0.15, 0.2) is 11.5 Å². The number of benzene rings is 2. The van der Waals surface area contributed by atoms with Gasteiger partial charge in [-0.05, 0) is 57.2 Å². The van der Waals surface area contributed by atoms with E-state index in [-0.39, 0.29) is 18.1 Å². The molecular weight excluding hydrogens is 420 g/mol. The van der Waals surface area contributed by atoms with Crippen LogP contribution in [0.2, 0.25) is 0 Å². The molecule has 0 aliphatic carbocycles. The van der Waals surface area contributed by atoms with Crippen LogP contribution >= 0.6 is 0 Å². The van der Waals surface area contributed by atoms with Gasteiger partial charge in [0.25, 0.3) is 5.91 Å². The number of carbonyl (C=O) groups is 1. The molecule has 0 spiro atoms. The summed E-state index contributed by atoms with van der Waals surface area (Å²) in [6, 6.07) is 13.6. The number of aryl methyl sites for hydroxylation is 1. The molecule has 8 heteroatoms. The molecular formula is C25H32N4O4. The van der Waals surface area contributed by atoms with E-state index in [2.05, 4.69) is 45.9 Å². The maximum Gasteiger partial charge on any atom is 0.252 e. The highest BCUT2D eigenvalue weighted by Gasteiger charge is 2.29. The van der Waals surface area contributed by atoms with E-state index >= 15 is 0 Å². The van der Waals surface area contributed by atoms with Crippen LogP contribution in [0.3, 0.4) is 0 Å². The predicted molar refractivity (Wildman–Crippen MR) is 128 cm³/mol. The average Bonchev–Trinajstić information content (AvgIpc) is 3.43. The fraction of sp³-hybridized carbons (Fsp3) is 0.400. The van der Waals surface area contributed by atoms with Crippen molar-refractivity contribution in [3.8, 4) is 17.2 Å². The quantitative estimate of drug-likeness (QED) is 0.458. The van der Waals surface area contributed by atoms with Crippen molar-refractivity contribution in [2.24, 2.45) is 0 Å². The molecule has 1 saturated heterocycles. The van der Waals surface area contributed by atoms with Crippen molar-refractivity contribution in [2.75, 3.05) is 20.3 Å². The second-order valence-electron chi connectivity index (χ2n) is 7.87. The second-order valence-corrected chi connectivity index (χ2v) is 7.87. The molecule has 176 valence electrons. The fourth-order valence-corrected chi connectivity index (χ4v) is 4.30. The Bertz CT molecular complexity index is 1130. The van der Waals surface area contributed by atoms with Crippen LogP contribution in [0.1, 0.15) is 49.3 Å². The summed E-state index contributed by atoms with van der Waals surface area (Å²) >= 11 is 0. The maximum atomic E-state index is 12.9. The molecule has 3 aromatic rings. The lowest BCUT2D eigenvalue weighted by Crippen LogP contribution is -2.44. The van der Waals surface area contributed by atoms with E-state index in [1.807, 2.05) is 19.9 Å². The molecule has 1 amide bonds. The molecule has 2 atom stereocenters. The number of hydrogen-bond donors (Lipinski definition) is 3. The van der Waals surface area contributed by atoms with E-state index < -0.39 is 0 Å². The van der Waals surface area contributed by atoms with Crippen LogP contribution in [0.25, 0.3) is 10.9 Å². The van der Waals surface area contributed by atoms with Crippen LogP contribution in [0.15, 0.2) is 42.5 Å². The van der Waals surface area contributed by atoms with Crippen LogP contribution in [0.4, 0.5) is 0 Å². The van der Waals surface area contributed by atoms with Crippen molar-refractivity contribution in [3.63, 3.8) is 0 Å². The van der Waals surface area contributed by atoms with Gasteiger partial charge in [-0.3, -0.25) is 4.79 Å². The van der Waals surface area contributed by atoms with Crippen LogP contribution in [-0.2, 0) is 6.54 Å². The topological polar surface area (TPSA) is 85.8 Å². The van der Waals surface area contributed by atoms with E-state index in [1.165, 1.54) is 11.1 Å². The van der Waals surface area contributed by atoms with Crippen molar-refractivity contribution in [1.82, 2.24) is 20.7 Å². The van der Waals surface area contributed by atoms with Crippen LogP contribution in [-0.4, -0.2) is 37.0 Å². The monoisotopic (exact) mass is 452 g/mol. The predicted octanol–water partition coefficient (Wildman–Crippen LogP) is 3.76. The van der Waals surface area contributed by atoms with E-state index in [4.69, 9.17) is 14.2 Å². The first-order valence-electron chi connectivity index (χ1n) is 11.5. The number of hydrazine groups is 1. The van der Waals surface area contributed by atoms with Crippen molar-refractivity contribution in [2.45, 2.75) is 45.9 Å². The molecule has 1 aliphatic heterocycles. The van der Waals surface area contributed by atoms with Gasteiger partial charge in [0.2, 0.25) is 0 Å². The molecule has 2 heterocycles. The second kappa shape index (κ2) is 10.1. The fourth-order valence-electron chi connectivity index (χ4n) is 4.30. The van der Waals surface area contributed by atoms with Gasteiger partial charge in [0, 0.05) is 35.7 Å². The summed E-state index contributed by atoms with van der Waals surface area (Å²) in [5, 5.41) is 4.23. The number of rotatable bonds is 9. The Balaban J connectivity index is 1.47. The summed E-state index contributed by atoms with van der Waals surface area (Å²) in [5.74, 6) is 1.89. The van der Waals surface area contributed by atoms with E-state index in [0.29, 0.717) is 36.7 Å². The Morgan fingerprint density at radius 1 is 1.03 bits per heavy atom. The molecule has 0 saturated carbocycles. The molecule has 1 fully saturated rings. The highest BCUT2D eigenvalue weighted by atomic mass is 16.5. The zero-order valence-electron chi connectivity index (χ0n) is 19.6. The third-order valence-corrected chi connectivity index (χ3v) is 5.83. The summed E-state index contributed by atoms with van der Waals surface area (Å²) in [4.78, 5) is 12.9. The standard InChI is InChI=1S/C25H32N4O4/c1-5-29-20-14-18(31-4)10-8-16(20)12-21(29)19-15-24(28-27-19)26-25(30)17-9-11-22(32-6-2)23(13-17)33-7-3/h8-14,19,24,27-28H,5-7,15H2,1-4H3,(H,26,30). The van der Waals surface area contributed by atoms with Crippen LogP contribution in [0.5, 0.6) is 17.2 Å². The van der Waals surface area contributed by atoms with Gasteiger partial charge in [-0.15, -0.1) is 0 Å². The van der Waals surface area contributed by atoms with Gasteiger partial charge in [-0.2, -0.15) is 0 Å². The number of carbonyl (C=O) groups excluding carboxylic acids is 1. The van der Waals surface area contributed by atoms with E-state index in [1.54, 1.807) is 25.3 Å². The number of aromatic nitrogens is 1. The molecule has 2 aromatic carbocycles. The number of hydrogen-bond acceptors (Lipinski definition) is 6. The summed E-state index contributed by atoms with van der Waals surface area (Å²) in [6.45, 7) is 7.83. The number of ether oxygens (including phenoxy) is 3. The molecule has 8 nitrogen and oxygen atoms in total. The summed E-state index contributed by atoms with van der Waals surface area (Å²) in [5.41, 5.74) is 9.40. The minimum Gasteiger partial charge on any atom is -0.497 e. The zero-order valence-corrected chi connectivity index (χ0v) is 19.6. The normalized spacial score (nSPS) is 17.8. The summed E-state index contributed by atoms with van der Waals surface area (Å²) < 4.78 is 18.9. The lowest BCUT2D eigenvalue weighted by Gasteiger charge is -2.15. The first kappa shape index (κ1) is 22.9. The number of nitrogens with zero attached hydrogens (tertiary/aromatic N) is 1. The molecule has 0 radical (unpaired) electrons. The van der Waals surface area contributed by atoms with Gasteiger partial charge in [-0.25, -0.2) is 10.9 Å². The first-order chi connectivity index (χ1) is 16.1. The molecule has 33 heavy (non-hydrogen) atoms. The molecule has 0 bridgehead atoms. The van der Waals surface area contributed by atoms with Crippen molar-refractivity contribution in [3.05, 3.63) is 53.7 Å². The molecule has 1 aliphatic rings. The van der Waals surface area contributed by atoms with Crippen LogP contribution in [0, 0.1) is 0 Å². The molecule has 1 aromatic heterocycles. The smallest absolute Gasteiger partial charge is 0.252 e. The molecule has 2 unspecified atom stereocenters. The summed E-state index contributed by atoms with van der Waals surface area (Å²) in [6.07, 6.45) is 0.511. The third kappa shape index (κ3) is 4.77. The Kier molecular flexibility index (Phi) is 7.05. The zero-order chi connectivity index (χ0) is 23.4. The van der Waals surface area contributed by atoms with Gasteiger partial charge in [0.05, 0.1) is 38.0 Å². The average molecular weight is 453 g/mol. The van der Waals surface area contributed by atoms with E-state index in [0.717, 1.165) is 17.8 Å². The van der Waals surface area contributed by atoms with Crippen LogP contribution < -0.4 is 30.4 Å². The Morgan fingerprint density at radius 2 is 1.82 bits per heavy atom. The Hall–Kier alpha value is -3.23. The number of methoxy groups -OCH3 is 1. The highest BCUT2D eigenvalue weighted by Crippen LogP contribution is 2.31. The first-order valence-corrected chi connectivity index (χ1v) is 11.5. The largest absolute Gasteiger partial charge is 0.497 e. The van der Waals surface area contributed by atoms with Crippen molar-refractivity contribution < 1.29 is 19.0 Å². The molecule has 4 rings (SSSR count). The number of amides is 1. The highest BCUT2D eigenvalue weighted by molar-refractivity contribution is 5.95. The number of nitrogens with one attached hydrogen (secondary N) is 3. The SMILES string of the molecule is CCOc1ccc(C(=O)NC2CC(c3cc4ccc(OC)cc4n3CC)NN2)cc1OCC. The van der Waals surface area contributed by atoms with Gasteiger partial charge >= 0.3 is 0 Å². The van der Waals surface area contributed by atoms with Crippen molar-refractivity contribution in [1.29, 1.82) is 0 Å². The van der Waals surface area contributed by atoms with Gasteiger partial charge in [0.1, 0.15) is 5.75 Å². The Labute approximate surface area is 194 Å². The lowest BCUT2D eigenvalue weighted by molar-refractivity contribution is 0.0931. The van der Waals surface area contributed by atoms with Gasteiger partial charge < -0.3 is 24.1 Å². The van der Waals surface area contributed by atoms with E-state index in [9.17, 15) is 4.79 Å². The minimum absolute atomic E-state index is 0.0629. The van der Waals surface area contributed by atoms with Gasteiger partial charge in [-0.1, -0.05) is 0 Å². The Morgan fingerprint density at radius 3 is 2.55 bits per heavy atom. The third-order valence-electron chi connectivity index (χ3n) is 5.83. The lowest BCUT2D eigenvalue weighted by atomic mass is 10.1. The molecule has 3 N–H and O–H groups in total. The maximum absolute atomic E-state index is 12.9. The minimum atomic E-state index is -0.206.